The first kappa shape index (κ1) is 21.1. The van der Waals surface area contributed by atoms with Crippen LogP contribution < -0.4 is 5.32 Å². The summed E-state index contributed by atoms with van der Waals surface area (Å²) in [5.74, 6) is -0.107. The summed E-state index contributed by atoms with van der Waals surface area (Å²) < 4.78 is 10.7. The van der Waals surface area contributed by atoms with Crippen molar-refractivity contribution in [1.29, 1.82) is 0 Å². The molecule has 0 radical (unpaired) electrons. The average Bonchev–Trinajstić information content (AvgIpc) is 3.46. The maximum Gasteiger partial charge on any atom is 0.307 e. The molecule has 4 rings (SSSR count). The number of fused-ring (bicyclic) bond motifs is 1. The first-order chi connectivity index (χ1) is 15.2. The zero-order valence-corrected chi connectivity index (χ0v) is 18.2. The number of carbonyl (C=O) groups is 2. The summed E-state index contributed by atoms with van der Waals surface area (Å²) in [5.41, 5.74) is 1.38. The number of benzene rings is 1. The van der Waals surface area contributed by atoms with E-state index in [2.05, 4.69) is 15.3 Å². The maximum atomic E-state index is 13.2. The minimum atomic E-state index is -0.508. The van der Waals surface area contributed by atoms with Gasteiger partial charge in [-0.2, -0.15) is 0 Å². The molecule has 4 aromatic rings. The lowest BCUT2D eigenvalue weighted by molar-refractivity contribution is -0.141. The first-order valence-corrected chi connectivity index (χ1v) is 11.3. The fourth-order valence-electron chi connectivity index (χ4n) is 3.11. The second kappa shape index (κ2) is 9.76. The highest BCUT2D eigenvalue weighted by molar-refractivity contribution is 7.98. The third-order valence-corrected chi connectivity index (χ3v) is 6.47. The molecule has 1 atom stereocenters. The van der Waals surface area contributed by atoms with E-state index in [9.17, 15) is 9.59 Å². The van der Waals surface area contributed by atoms with Gasteiger partial charge < -0.3 is 14.5 Å². The zero-order valence-electron chi connectivity index (χ0n) is 16.6. The third-order valence-electron chi connectivity index (χ3n) is 4.58. The number of methoxy groups -OCH3 is 1. The van der Waals surface area contributed by atoms with Gasteiger partial charge in [-0.1, -0.05) is 36.0 Å². The fraction of sp³-hybridized carbons (Fsp3) is 0.182. The monoisotopic (exact) mass is 453 g/mol. The summed E-state index contributed by atoms with van der Waals surface area (Å²) in [4.78, 5) is 34.4. The summed E-state index contributed by atoms with van der Waals surface area (Å²) in [6.07, 6.45) is 3.38. The summed E-state index contributed by atoms with van der Waals surface area (Å²) in [5, 5.41) is 6.30. The van der Waals surface area contributed by atoms with Gasteiger partial charge in [0.2, 0.25) is 0 Å². The number of ether oxygens (including phenoxy) is 1. The summed E-state index contributed by atoms with van der Waals surface area (Å²) in [7, 11) is 1.33. The molecule has 0 bridgehead atoms. The van der Waals surface area contributed by atoms with Crippen molar-refractivity contribution >= 4 is 45.9 Å². The van der Waals surface area contributed by atoms with Crippen LogP contribution in [0.25, 0.3) is 11.0 Å². The lowest BCUT2D eigenvalue weighted by atomic mass is 10.1. The highest BCUT2D eigenvalue weighted by Crippen LogP contribution is 2.32. The van der Waals surface area contributed by atoms with E-state index in [0.717, 1.165) is 15.8 Å². The highest BCUT2D eigenvalue weighted by Gasteiger charge is 2.26. The molecule has 0 fully saturated rings. The number of furan rings is 1. The molecule has 3 heterocycles. The van der Waals surface area contributed by atoms with Gasteiger partial charge in [0.25, 0.3) is 5.91 Å². The largest absolute Gasteiger partial charge is 0.469 e. The van der Waals surface area contributed by atoms with Crippen LogP contribution >= 0.6 is 23.1 Å². The summed E-state index contributed by atoms with van der Waals surface area (Å²) >= 11 is 2.88. The van der Waals surface area contributed by atoms with Gasteiger partial charge in [-0.15, -0.1) is 11.3 Å². The lowest BCUT2D eigenvalue weighted by Gasteiger charge is -2.16. The van der Waals surface area contributed by atoms with E-state index in [-0.39, 0.29) is 18.1 Å². The molecule has 1 unspecified atom stereocenters. The number of esters is 1. The molecule has 3 aromatic heterocycles. The Bertz CT molecular complexity index is 1180. The van der Waals surface area contributed by atoms with Crippen molar-refractivity contribution in [2.24, 2.45) is 0 Å². The number of nitrogens with one attached hydrogen (secondary N) is 1. The minimum Gasteiger partial charge on any atom is -0.469 e. The molecule has 1 N–H and O–H groups in total. The van der Waals surface area contributed by atoms with E-state index < -0.39 is 12.0 Å². The van der Waals surface area contributed by atoms with Gasteiger partial charge >= 0.3 is 5.97 Å². The Morgan fingerprint density at radius 1 is 1.16 bits per heavy atom. The van der Waals surface area contributed by atoms with E-state index >= 15 is 0 Å². The van der Waals surface area contributed by atoms with Crippen molar-refractivity contribution in [3.8, 4) is 0 Å². The fourth-order valence-corrected chi connectivity index (χ4v) is 4.72. The maximum absolute atomic E-state index is 13.2. The van der Waals surface area contributed by atoms with Crippen molar-refractivity contribution in [3.05, 3.63) is 76.4 Å². The number of thioether (sulfide) groups is 1. The van der Waals surface area contributed by atoms with Gasteiger partial charge in [0.05, 0.1) is 19.6 Å². The number of amides is 1. The molecule has 0 aliphatic carbocycles. The SMILES string of the molecule is COC(=O)CC(NC(=O)c1oc2ccccc2c1CSc1ncccn1)c1cccs1. The minimum absolute atomic E-state index is 0.0327. The zero-order chi connectivity index (χ0) is 21.6. The summed E-state index contributed by atoms with van der Waals surface area (Å²) in [6.45, 7) is 0. The molecule has 0 saturated heterocycles. The van der Waals surface area contributed by atoms with Gasteiger partial charge in [-0.3, -0.25) is 9.59 Å². The molecule has 7 nitrogen and oxygen atoms in total. The number of nitrogens with zero attached hydrogens (tertiary/aromatic N) is 2. The Labute approximate surface area is 186 Å². The van der Waals surface area contributed by atoms with Crippen LogP contribution in [-0.2, 0) is 15.3 Å². The van der Waals surface area contributed by atoms with Crippen LogP contribution in [0.15, 0.2) is 69.8 Å². The van der Waals surface area contributed by atoms with Crippen molar-refractivity contribution in [3.63, 3.8) is 0 Å². The Morgan fingerprint density at radius 2 is 1.97 bits per heavy atom. The van der Waals surface area contributed by atoms with E-state index in [1.165, 1.54) is 30.2 Å². The first-order valence-electron chi connectivity index (χ1n) is 9.47. The van der Waals surface area contributed by atoms with Gasteiger partial charge in [-0.25, -0.2) is 9.97 Å². The third kappa shape index (κ3) is 4.95. The molecule has 158 valence electrons. The quantitative estimate of drug-likeness (QED) is 0.236. The van der Waals surface area contributed by atoms with E-state index in [0.29, 0.717) is 16.5 Å². The van der Waals surface area contributed by atoms with Crippen LogP contribution in [0.5, 0.6) is 0 Å². The van der Waals surface area contributed by atoms with Crippen LogP contribution in [0, 0.1) is 0 Å². The molecular formula is C22H19N3O4S2. The smallest absolute Gasteiger partial charge is 0.307 e. The van der Waals surface area contributed by atoms with Crippen LogP contribution in [-0.4, -0.2) is 29.0 Å². The molecule has 0 spiro atoms. The molecule has 0 aliphatic rings. The van der Waals surface area contributed by atoms with E-state index in [1.807, 2.05) is 41.8 Å². The van der Waals surface area contributed by atoms with Gasteiger partial charge in [0, 0.05) is 34.0 Å². The van der Waals surface area contributed by atoms with E-state index in [4.69, 9.17) is 9.15 Å². The van der Waals surface area contributed by atoms with Gasteiger partial charge in [-0.05, 0) is 23.6 Å². The van der Waals surface area contributed by atoms with Crippen LogP contribution in [0.3, 0.4) is 0 Å². The Hall–Kier alpha value is -3.17. The number of para-hydroxylation sites is 1. The predicted octanol–water partition coefficient (Wildman–Crippen LogP) is 4.61. The average molecular weight is 454 g/mol. The number of aromatic nitrogens is 2. The van der Waals surface area contributed by atoms with Crippen molar-refractivity contribution in [1.82, 2.24) is 15.3 Å². The number of hydrogen-bond acceptors (Lipinski definition) is 8. The number of carbonyl (C=O) groups excluding carboxylic acids is 2. The molecule has 1 aromatic carbocycles. The molecule has 0 saturated carbocycles. The molecule has 0 aliphatic heterocycles. The summed E-state index contributed by atoms with van der Waals surface area (Å²) in [6, 6.07) is 12.5. The van der Waals surface area contributed by atoms with Gasteiger partial charge in [0.1, 0.15) is 5.58 Å². The van der Waals surface area contributed by atoms with Crippen LogP contribution in [0.2, 0.25) is 0 Å². The normalized spacial score (nSPS) is 11.9. The Kier molecular flexibility index (Phi) is 6.63. The molecule has 31 heavy (non-hydrogen) atoms. The van der Waals surface area contributed by atoms with Crippen molar-refractivity contribution in [2.45, 2.75) is 23.4 Å². The predicted molar refractivity (Wildman–Crippen MR) is 119 cm³/mol. The number of hydrogen-bond donors (Lipinski definition) is 1. The highest BCUT2D eigenvalue weighted by atomic mass is 32.2. The standard InChI is InChI=1S/C22H19N3O4S2/c1-28-19(26)12-16(18-8-4-11-30-18)25-21(27)20-15(13-31-22-23-9-5-10-24-22)14-6-2-3-7-17(14)29-20/h2-11,16H,12-13H2,1H3,(H,25,27). The Morgan fingerprint density at radius 3 is 2.71 bits per heavy atom. The van der Waals surface area contributed by atoms with E-state index in [1.54, 1.807) is 18.5 Å². The number of rotatable bonds is 8. The van der Waals surface area contributed by atoms with Gasteiger partial charge in [0.15, 0.2) is 10.9 Å². The number of thiophene rings is 1. The van der Waals surface area contributed by atoms with Crippen LogP contribution in [0.4, 0.5) is 0 Å². The topological polar surface area (TPSA) is 94.3 Å². The second-order valence-electron chi connectivity index (χ2n) is 6.55. The van der Waals surface area contributed by atoms with Crippen LogP contribution in [0.1, 0.15) is 33.5 Å². The van der Waals surface area contributed by atoms with Crippen molar-refractivity contribution < 1.29 is 18.7 Å². The van der Waals surface area contributed by atoms with Crippen molar-refractivity contribution in [2.75, 3.05) is 7.11 Å². The molecule has 9 heteroatoms. The lowest BCUT2D eigenvalue weighted by Crippen LogP contribution is -2.30. The second-order valence-corrected chi connectivity index (χ2v) is 8.47. The molecular weight excluding hydrogens is 434 g/mol. The Balaban J connectivity index is 1.62. The molecule has 1 amide bonds.